The van der Waals surface area contributed by atoms with Crippen LogP contribution in [0.15, 0.2) is 12.2 Å². The fourth-order valence-corrected chi connectivity index (χ4v) is 3.94. The molecule has 0 heterocycles. The second-order valence-electron chi connectivity index (χ2n) is 7.93. The number of alkyl halides is 1. The fraction of sp³-hybridized carbons (Fsp3) is 0.826. The first-order valence-electron chi connectivity index (χ1n) is 11.2. The highest BCUT2D eigenvalue weighted by Crippen LogP contribution is 2.21. The van der Waals surface area contributed by atoms with Crippen LogP contribution in [0.5, 0.6) is 0 Å². The fourth-order valence-electron chi connectivity index (χ4n) is 3.16. The molecule has 0 aromatic carbocycles. The maximum atomic E-state index is 12.2. The molecule has 5 nitrogen and oxygen atoms in total. The third kappa shape index (κ3) is 12.2. The molecule has 0 saturated carbocycles. The average Bonchev–Trinajstić information content (AvgIpc) is 2.71. The van der Waals surface area contributed by atoms with Crippen LogP contribution < -0.4 is 0 Å². The van der Waals surface area contributed by atoms with E-state index in [1.165, 1.54) is 44.9 Å². The first-order chi connectivity index (χ1) is 13.8. The quantitative estimate of drug-likeness (QED) is 0.0988. The highest BCUT2D eigenvalue weighted by molar-refractivity contribution is 14.1. The van der Waals surface area contributed by atoms with Gasteiger partial charge in [-0.1, -0.05) is 93.0 Å². The summed E-state index contributed by atoms with van der Waals surface area (Å²) < 4.78 is -0.489. The Hall–Kier alpha value is -0.310. The minimum Gasteiger partial charge on any atom is -0.393 e. The van der Waals surface area contributed by atoms with Crippen LogP contribution in [0.1, 0.15) is 97.3 Å². The molecule has 170 valence electrons. The zero-order valence-electron chi connectivity index (χ0n) is 18.2. The lowest BCUT2D eigenvalue weighted by Gasteiger charge is -2.28. The number of hydrogen-bond donors (Lipinski definition) is 3. The Labute approximate surface area is 190 Å². The van der Waals surface area contributed by atoms with Crippen LogP contribution in [0.2, 0.25) is 0 Å². The van der Waals surface area contributed by atoms with E-state index in [1.54, 1.807) is 0 Å². The van der Waals surface area contributed by atoms with E-state index in [0.717, 1.165) is 39.0 Å². The molecular formula is C23H41IO5. The molecule has 0 bridgehead atoms. The van der Waals surface area contributed by atoms with Gasteiger partial charge in [-0.3, -0.25) is 9.59 Å². The van der Waals surface area contributed by atoms with Crippen molar-refractivity contribution in [3.8, 4) is 0 Å². The molecule has 0 amide bonds. The van der Waals surface area contributed by atoms with Gasteiger partial charge in [0.25, 0.3) is 0 Å². The minimum absolute atomic E-state index is 0.489. The van der Waals surface area contributed by atoms with E-state index in [0.29, 0.717) is 6.42 Å². The number of carbonyl (C=O) groups is 2. The summed E-state index contributed by atoms with van der Waals surface area (Å²) in [6.07, 6.45) is 17.6. The molecule has 0 saturated heterocycles. The molecule has 0 fully saturated rings. The van der Waals surface area contributed by atoms with Crippen LogP contribution in [0.3, 0.4) is 0 Å². The van der Waals surface area contributed by atoms with Gasteiger partial charge in [0.1, 0.15) is 0 Å². The predicted molar refractivity (Wildman–Crippen MR) is 126 cm³/mol. The van der Waals surface area contributed by atoms with Gasteiger partial charge in [0.2, 0.25) is 0 Å². The summed E-state index contributed by atoms with van der Waals surface area (Å²) in [7, 11) is 0. The van der Waals surface area contributed by atoms with Gasteiger partial charge >= 0.3 is 0 Å². The van der Waals surface area contributed by atoms with Crippen molar-refractivity contribution < 1.29 is 24.9 Å². The maximum Gasteiger partial charge on any atom is 0.178 e. The number of allylic oxidation sites excluding steroid dienone is 2. The van der Waals surface area contributed by atoms with Gasteiger partial charge in [0, 0.05) is 0 Å². The average molecular weight is 524 g/mol. The van der Waals surface area contributed by atoms with E-state index in [4.69, 9.17) is 0 Å². The number of rotatable bonds is 19. The number of aliphatic hydroxyl groups excluding tert-OH is 2. The minimum atomic E-state index is -2.40. The normalized spacial score (nSPS) is 15.9. The molecule has 3 N–H and O–H groups in total. The summed E-state index contributed by atoms with van der Waals surface area (Å²) >= 11 is 1.94. The first kappa shape index (κ1) is 28.7. The number of unbranched alkanes of at least 4 members (excludes halogenated alkanes) is 10. The summed E-state index contributed by atoms with van der Waals surface area (Å²) in [6, 6.07) is 0. The highest BCUT2D eigenvalue weighted by atomic mass is 127. The van der Waals surface area contributed by atoms with Gasteiger partial charge < -0.3 is 15.3 Å². The van der Waals surface area contributed by atoms with Crippen molar-refractivity contribution >= 4 is 34.2 Å². The Morgan fingerprint density at radius 1 is 0.931 bits per heavy atom. The SMILES string of the molecule is CCCCCCCCC=CCCCCCCC(I)C(=O)C(O)C(O)(CO)C(C)=O. The van der Waals surface area contributed by atoms with Crippen molar-refractivity contribution in [3.05, 3.63) is 12.2 Å². The monoisotopic (exact) mass is 524 g/mol. The van der Waals surface area contributed by atoms with Crippen molar-refractivity contribution in [2.24, 2.45) is 0 Å². The summed E-state index contributed by atoms with van der Waals surface area (Å²) in [5.74, 6) is -1.41. The molecule has 0 radical (unpaired) electrons. The second-order valence-corrected chi connectivity index (χ2v) is 9.43. The van der Waals surface area contributed by atoms with E-state index in [-0.39, 0.29) is 0 Å². The molecule has 0 aliphatic heterocycles. The summed E-state index contributed by atoms with van der Waals surface area (Å²) in [4.78, 5) is 23.7. The van der Waals surface area contributed by atoms with Gasteiger partial charge in [0.05, 0.1) is 10.5 Å². The number of carbonyl (C=O) groups excluding carboxylic acids is 2. The molecule has 0 spiro atoms. The molecule has 3 unspecified atom stereocenters. The number of halogens is 1. The van der Waals surface area contributed by atoms with E-state index < -0.39 is 33.8 Å². The van der Waals surface area contributed by atoms with E-state index in [9.17, 15) is 24.9 Å². The van der Waals surface area contributed by atoms with Gasteiger partial charge in [-0.2, -0.15) is 0 Å². The second kappa shape index (κ2) is 17.4. The Morgan fingerprint density at radius 2 is 1.41 bits per heavy atom. The molecular weight excluding hydrogens is 483 g/mol. The number of aliphatic hydroxyl groups is 3. The van der Waals surface area contributed by atoms with Crippen LogP contribution in [0.25, 0.3) is 0 Å². The van der Waals surface area contributed by atoms with Crippen molar-refractivity contribution in [1.82, 2.24) is 0 Å². The largest absolute Gasteiger partial charge is 0.393 e. The van der Waals surface area contributed by atoms with Crippen molar-refractivity contribution in [3.63, 3.8) is 0 Å². The molecule has 0 rings (SSSR count). The molecule has 3 atom stereocenters. The molecule has 0 aliphatic carbocycles. The van der Waals surface area contributed by atoms with E-state index in [1.807, 2.05) is 22.6 Å². The molecule has 0 aromatic rings. The van der Waals surface area contributed by atoms with Gasteiger partial charge in [0.15, 0.2) is 23.3 Å². The maximum absolute atomic E-state index is 12.2. The summed E-state index contributed by atoms with van der Waals surface area (Å²) in [6.45, 7) is 2.32. The van der Waals surface area contributed by atoms with Crippen LogP contribution in [0, 0.1) is 0 Å². The predicted octanol–water partition coefficient (Wildman–Crippen LogP) is 4.68. The lowest BCUT2D eigenvalue weighted by atomic mass is 9.88. The van der Waals surface area contributed by atoms with Crippen LogP contribution in [-0.4, -0.2) is 49.1 Å². The van der Waals surface area contributed by atoms with Crippen molar-refractivity contribution in [1.29, 1.82) is 0 Å². The van der Waals surface area contributed by atoms with Gasteiger partial charge in [-0.05, 0) is 39.0 Å². The lowest BCUT2D eigenvalue weighted by molar-refractivity contribution is -0.163. The summed E-state index contributed by atoms with van der Waals surface area (Å²) in [5, 5.41) is 29.2. The zero-order valence-corrected chi connectivity index (χ0v) is 20.4. The Morgan fingerprint density at radius 3 is 1.90 bits per heavy atom. The molecule has 0 aliphatic rings. The number of Topliss-reactive ketones (excluding diaryl/α,β-unsaturated/α-hetero) is 2. The van der Waals surface area contributed by atoms with E-state index >= 15 is 0 Å². The first-order valence-corrected chi connectivity index (χ1v) is 12.4. The van der Waals surface area contributed by atoms with Gasteiger partial charge in [-0.25, -0.2) is 0 Å². The Bertz CT molecular complexity index is 480. The number of hydrogen-bond acceptors (Lipinski definition) is 5. The Balaban J connectivity index is 3.81. The van der Waals surface area contributed by atoms with Crippen LogP contribution in [0.4, 0.5) is 0 Å². The smallest absolute Gasteiger partial charge is 0.178 e. The number of ketones is 2. The Kier molecular flexibility index (Phi) is 17.2. The molecule has 29 heavy (non-hydrogen) atoms. The third-order valence-electron chi connectivity index (χ3n) is 5.35. The summed E-state index contributed by atoms with van der Waals surface area (Å²) in [5.41, 5.74) is -2.40. The molecule has 0 aromatic heterocycles. The third-order valence-corrected chi connectivity index (χ3v) is 6.59. The van der Waals surface area contributed by atoms with Crippen LogP contribution in [-0.2, 0) is 9.59 Å². The van der Waals surface area contributed by atoms with Crippen molar-refractivity contribution in [2.75, 3.05) is 6.61 Å². The standard InChI is InChI=1S/C23H41IO5/c1-3-4-5-6-7-8-9-10-11-12-13-14-15-16-17-20(24)21(27)22(28)23(29,18-25)19(2)26/h10-11,20,22,25,28-29H,3-9,12-18H2,1-2H3. The highest BCUT2D eigenvalue weighted by Gasteiger charge is 2.45. The van der Waals surface area contributed by atoms with Gasteiger partial charge in [-0.15, -0.1) is 0 Å². The zero-order chi connectivity index (χ0) is 22.1. The van der Waals surface area contributed by atoms with Crippen LogP contribution >= 0.6 is 22.6 Å². The lowest BCUT2D eigenvalue weighted by Crippen LogP contribution is -2.56. The van der Waals surface area contributed by atoms with E-state index in [2.05, 4.69) is 19.1 Å². The van der Waals surface area contributed by atoms with Crippen molar-refractivity contribution in [2.45, 2.75) is 113 Å². The molecule has 6 heteroatoms. The topological polar surface area (TPSA) is 94.8 Å².